The fourth-order valence-electron chi connectivity index (χ4n) is 1.24. The van der Waals surface area contributed by atoms with E-state index in [-0.39, 0.29) is 5.56 Å². The second-order valence-corrected chi connectivity index (χ2v) is 3.18. The molecule has 0 bridgehead atoms. The summed E-state index contributed by atoms with van der Waals surface area (Å²) in [7, 11) is 5.57. The first kappa shape index (κ1) is 8.39. The maximum Gasteiger partial charge on any atom is 0.255 e. The van der Waals surface area contributed by atoms with Crippen molar-refractivity contribution in [3.8, 4) is 0 Å². The highest BCUT2D eigenvalue weighted by Crippen LogP contribution is 2.17. The molecule has 0 aliphatic heterocycles. The zero-order chi connectivity index (χ0) is 9.42. The molecule has 0 unspecified atom stereocenters. The number of pyridine rings is 1. The Kier molecular flexibility index (Phi) is 1.89. The molecule has 0 fully saturated rings. The van der Waals surface area contributed by atoms with Crippen LogP contribution in [0.4, 0.5) is 0 Å². The number of aromatic nitrogens is 1. The minimum absolute atomic E-state index is 0.153. The van der Waals surface area contributed by atoms with Crippen LogP contribution in [0.3, 0.4) is 0 Å². The Balaban J connectivity index is 3.01. The quantitative estimate of drug-likeness (QED) is 0.616. The van der Waals surface area contributed by atoms with Crippen molar-refractivity contribution in [2.45, 2.75) is 0 Å². The van der Waals surface area contributed by atoms with Gasteiger partial charge in [-0.3, -0.25) is 4.79 Å². The number of rotatable bonds is 0. The third kappa shape index (κ3) is 1.35. The van der Waals surface area contributed by atoms with Crippen molar-refractivity contribution in [2.75, 3.05) is 0 Å². The molecule has 2 nitrogen and oxygen atoms in total. The minimum atomic E-state index is -0.153. The summed E-state index contributed by atoms with van der Waals surface area (Å²) in [6, 6.07) is 5.02. The largest absolute Gasteiger partial charge is 0.327 e. The van der Waals surface area contributed by atoms with Gasteiger partial charge < -0.3 is 4.98 Å². The minimum Gasteiger partial charge on any atom is -0.327 e. The third-order valence-corrected chi connectivity index (χ3v) is 2.19. The summed E-state index contributed by atoms with van der Waals surface area (Å²) >= 11 is 5.88. The standard InChI is InChI=1S/C9H5BClNO/c10-5-1-2-6-7(3-5)8(11)4-12-9(6)13/h1-4H,(H,12,13). The zero-order valence-electron chi connectivity index (χ0n) is 6.67. The number of nitrogens with one attached hydrogen (secondary N) is 1. The molecule has 0 saturated carbocycles. The molecule has 62 valence electrons. The van der Waals surface area contributed by atoms with Gasteiger partial charge in [-0.25, -0.2) is 0 Å². The Hall–Kier alpha value is -1.22. The van der Waals surface area contributed by atoms with E-state index in [9.17, 15) is 4.79 Å². The number of aromatic amines is 1. The molecule has 0 aliphatic carbocycles. The summed E-state index contributed by atoms with van der Waals surface area (Å²) in [6.45, 7) is 0. The summed E-state index contributed by atoms with van der Waals surface area (Å²) in [5.41, 5.74) is 0.444. The van der Waals surface area contributed by atoms with E-state index in [0.717, 1.165) is 0 Å². The van der Waals surface area contributed by atoms with Crippen LogP contribution in [0.5, 0.6) is 0 Å². The number of halogens is 1. The fraction of sp³-hybridized carbons (Fsp3) is 0. The lowest BCUT2D eigenvalue weighted by Crippen LogP contribution is -2.08. The Morgan fingerprint density at radius 1 is 1.31 bits per heavy atom. The molecule has 2 radical (unpaired) electrons. The number of H-pyrrole nitrogens is 1. The SMILES string of the molecule is [B]c1ccc2c(=O)[nH]cc(Cl)c2c1. The molecular formula is C9H5BClNO. The molecule has 4 heteroatoms. The highest BCUT2D eigenvalue weighted by atomic mass is 35.5. The van der Waals surface area contributed by atoms with Crippen LogP contribution < -0.4 is 11.0 Å². The van der Waals surface area contributed by atoms with Crippen LogP contribution in [0.15, 0.2) is 29.2 Å². The molecule has 1 N–H and O–H groups in total. The molecule has 13 heavy (non-hydrogen) atoms. The molecule has 1 aromatic carbocycles. The van der Waals surface area contributed by atoms with Crippen molar-refractivity contribution >= 4 is 35.7 Å². The van der Waals surface area contributed by atoms with Crippen molar-refractivity contribution in [1.29, 1.82) is 0 Å². The van der Waals surface area contributed by atoms with E-state index in [0.29, 0.717) is 21.3 Å². The summed E-state index contributed by atoms with van der Waals surface area (Å²) in [5, 5.41) is 1.74. The Morgan fingerprint density at radius 3 is 2.85 bits per heavy atom. The predicted molar refractivity (Wildman–Crippen MR) is 55.0 cm³/mol. The highest BCUT2D eigenvalue weighted by Gasteiger charge is 2.01. The normalized spacial score (nSPS) is 10.5. The van der Waals surface area contributed by atoms with Gasteiger partial charge in [-0.1, -0.05) is 29.2 Å². The van der Waals surface area contributed by atoms with E-state index < -0.39 is 0 Å². The average Bonchev–Trinajstić information content (AvgIpc) is 2.12. The molecule has 0 saturated heterocycles. The van der Waals surface area contributed by atoms with E-state index in [1.54, 1.807) is 18.2 Å². The second-order valence-electron chi connectivity index (χ2n) is 2.77. The maximum atomic E-state index is 11.3. The van der Waals surface area contributed by atoms with E-state index >= 15 is 0 Å². The predicted octanol–water partition coefficient (Wildman–Crippen LogP) is 0.975. The van der Waals surface area contributed by atoms with Gasteiger partial charge in [0.1, 0.15) is 7.85 Å². The molecule has 2 rings (SSSR count). The second kappa shape index (κ2) is 2.93. The Morgan fingerprint density at radius 2 is 2.08 bits per heavy atom. The van der Waals surface area contributed by atoms with Gasteiger partial charge in [0.05, 0.1) is 5.02 Å². The lowest BCUT2D eigenvalue weighted by molar-refractivity contribution is 1.28. The van der Waals surface area contributed by atoms with Crippen LogP contribution in [-0.4, -0.2) is 12.8 Å². The molecule has 1 aromatic heterocycles. The van der Waals surface area contributed by atoms with Crippen LogP contribution in [0.25, 0.3) is 10.8 Å². The van der Waals surface area contributed by atoms with Crippen molar-refractivity contribution in [2.24, 2.45) is 0 Å². The number of hydrogen-bond acceptors (Lipinski definition) is 1. The highest BCUT2D eigenvalue weighted by molar-refractivity contribution is 6.37. The molecular weight excluding hydrogens is 184 g/mol. The van der Waals surface area contributed by atoms with Crippen LogP contribution in [0, 0.1) is 0 Å². The monoisotopic (exact) mass is 189 g/mol. The summed E-state index contributed by atoms with van der Waals surface area (Å²) in [4.78, 5) is 13.8. The Labute approximate surface area is 80.9 Å². The first-order valence-corrected chi connectivity index (χ1v) is 4.13. The fourth-order valence-corrected chi connectivity index (χ4v) is 1.45. The van der Waals surface area contributed by atoms with Crippen LogP contribution in [0.2, 0.25) is 5.02 Å². The van der Waals surface area contributed by atoms with Crippen LogP contribution >= 0.6 is 11.6 Å². The van der Waals surface area contributed by atoms with Gasteiger partial charge in [0.25, 0.3) is 5.56 Å². The van der Waals surface area contributed by atoms with Gasteiger partial charge in [-0.05, 0) is 6.07 Å². The molecule has 0 aliphatic rings. The first-order chi connectivity index (χ1) is 6.18. The topological polar surface area (TPSA) is 32.9 Å². The van der Waals surface area contributed by atoms with E-state index in [2.05, 4.69) is 4.98 Å². The number of hydrogen-bond donors (Lipinski definition) is 1. The lowest BCUT2D eigenvalue weighted by Gasteiger charge is -2.00. The number of fused-ring (bicyclic) bond motifs is 1. The van der Waals surface area contributed by atoms with Gasteiger partial charge in [0.15, 0.2) is 0 Å². The molecule has 1 heterocycles. The lowest BCUT2D eigenvalue weighted by atomic mass is 9.94. The van der Waals surface area contributed by atoms with Gasteiger partial charge >= 0.3 is 0 Å². The van der Waals surface area contributed by atoms with Gasteiger partial charge in [-0.15, -0.1) is 0 Å². The van der Waals surface area contributed by atoms with E-state index in [4.69, 9.17) is 19.4 Å². The van der Waals surface area contributed by atoms with E-state index in [1.807, 2.05) is 0 Å². The summed E-state index contributed by atoms with van der Waals surface area (Å²) in [5.74, 6) is 0. The molecule has 0 spiro atoms. The summed E-state index contributed by atoms with van der Waals surface area (Å²) < 4.78 is 0. The van der Waals surface area contributed by atoms with Gasteiger partial charge in [0, 0.05) is 17.0 Å². The van der Waals surface area contributed by atoms with Crippen molar-refractivity contribution in [3.05, 3.63) is 39.8 Å². The van der Waals surface area contributed by atoms with Gasteiger partial charge in [0.2, 0.25) is 0 Å². The van der Waals surface area contributed by atoms with E-state index in [1.165, 1.54) is 6.20 Å². The van der Waals surface area contributed by atoms with Gasteiger partial charge in [-0.2, -0.15) is 0 Å². The number of benzene rings is 1. The Bertz CT molecular complexity index is 520. The van der Waals surface area contributed by atoms with Crippen molar-refractivity contribution < 1.29 is 0 Å². The first-order valence-electron chi connectivity index (χ1n) is 3.75. The van der Waals surface area contributed by atoms with Crippen LogP contribution in [0.1, 0.15) is 0 Å². The molecule has 0 amide bonds. The zero-order valence-corrected chi connectivity index (χ0v) is 7.43. The average molecular weight is 189 g/mol. The maximum absolute atomic E-state index is 11.3. The van der Waals surface area contributed by atoms with Crippen molar-refractivity contribution in [1.82, 2.24) is 4.98 Å². The summed E-state index contributed by atoms with van der Waals surface area (Å²) in [6.07, 6.45) is 1.46. The molecule has 0 atom stereocenters. The van der Waals surface area contributed by atoms with Crippen LogP contribution in [-0.2, 0) is 0 Å². The van der Waals surface area contributed by atoms with Crippen molar-refractivity contribution in [3.63, 3.8) is 0 Å². The smallest absolute Gasteiger partial charge is 0.255 e. The third-order valence-electron chi connectivity index (χ3n) is 1.88. The molecule has 2 aromatic rings.